The van der Waals surface area contributed by atoms with Crippen molar-refractivity contribution in [2.24, 2.45) is 0 Å². The summed E-state index contributed by atoms with van der Waals surface area (Å²) < 4.78 is 119. The van der Waals surface area contributed by atoms with E-state index < -0.39 is 37.4 Å². The van der Waals surface area contributed by atoms with Crippen molar-refractivity contribution in [3.63, 3.8) is 0 Å². The van der Waals surface area contributed by atoms with Crippen LogP contribution in [0.5, 0.6) is 0 Å². The number of halogens is 10. The van der Waals surface area contributed by atoms with E-state index >= 15 is 0 Å². The first kappa shape index (κ1) is 16.7. The molecule has 0 N–H and O–H groups in total. The summed E-state index contributed by atoms with van der Waals surface area (Å²) in [7, 11) is 0. The Kier molecular flexibility index (Phi) is 4.49. The van der Waals surface area contributed by atoms with Gasteiger partial charge in [0, 0.05) is 0 Å². The van der Waals surface area contributed by atoms with Gasteiger partial charge in [0.2, 0.25) is 0 Å². The molecule has 1 unspecified atom stereocenters. The summed E-state index contributed by atoms with van der Waals surface area (Å²) in [6.45, 7) is -2.73. The number of hydrogen-bond acceptors (Lipinski definition) is 2. The summed E-state index contributed by atoms with van der Waals surface area (Å²) in [6.07, 6.45) is -10.7. The number of hydrogen-bond donors (Lipinski definition) is 0. The molecule has 0 spiro atoms. The molecule has 13 heteroatoms. The molecule has 0 aliphatic heterocycles. The van der Waals surface area contributed by atoms with Crippen LogP contribution in [0.3, 0.4) is 0 Å². The molecule has 0 aliphatic carbocycles. The summed E-state index contributed by atoms with van der Waals surface area (Å²) >= 11 is 0. The first-order valence-electron chi connectivity index (χ1n) is 3.61. The molecule has 0 saturated carbocycles. The topological polar surface area (TPSA) is 18.5 Å². The normalized spacial score (nSPS) is 15.3. The van der Waals surface area contributed by atoms with E-state index in [9.17, 15) is 43.9 Å². The minimum atomic E-state index is -6.61. The fourth-order valence-electron chi connectivity index (χ4n) is 0.485. The van der Waals surface area contributed by atoms with Gasteiger partial charge < -0.3 is 0 Å². The molecule has 0 radical (unpaired) electrons. The van der Waals surface area contributed by atoms with Crippen LogP contribution in [-0.4, -0.2) is 25.1 Å². The Morgan fingerprint density at radius 2 is 1.37 bits per heavy atom. The molecule has 2 nitrogen and oxygen atoms in total. The third kappa shape index (κ3) is 3.82. The van der Waals surface area contributed by atoms with Crippen molar-refractivity contribution in [3.05, 3.63) is 12.3 Å². The van der Waals surface area contributed by atoms with Gasteiger partial charge in [-0.25, -0.2) is 0 Å². The molecular formula is C6HCfF10O2. The van der Waals surface area contributed by atoms with Crippen LogP contribution in [0.1, 0.15) is 0 Å². The van der Waals surface area contributed by atoms with Gasteiger partial charge in [-0.2, -0.15) is 0 Å². The van der Waals surface area contributed by atoms with Gasteiger partial charge >= 0.3 is 91.2 Å². The van der Waals surface area contributed by atoms with E-state index in [0.717, 1.165) is 0 Å². The summed E-state index contributed by atoms with van der Waals surface area (Å²) in [6, 6.07) is -5.51. The standard InChI is InChI=1S/C5HF8O2.CF2.Cf/c6-2(7)1-15-5(13,14)3(8,9)4(10,11)12;2-1-3;/h1H;;/q-1;;+1. The van der Waals surface area contributed by atoms with Gasteiger partial charge in [-0.3, -0.25) is 0 Å². The van der Waals surface area contributed by atoms with Crippen molar-refractivity contribution in [3.8, 4) is 0 Å². The quantitative estimate of drug-likeness (QED) is 0.299. The molecule has 0 fully saturated rings. The molecule has 1 atom stereocenters. The average molecular weight is 546 g/mol. The number of ether oxygens (including phenoxy) is 1. The van der Waals surface area contributed by atoms with E-state index in [0.29, 0.717) is 0 Å². The van der Waals surface area contributed by atoms with Crippen LogP contribution < -0.4 is 0 Å². The number of rotatable bonds is 5. The Morgan fingerprint density at radius 3 is 1.68 bits per heavy atom. The molecule has 0 heterocycles. The molecular weight excluding hydrogens is 545 g/mol. The summed E-state index contributed by atoms with van der Waals surface area (Å²) in [4.78, 5) is 0. The van der Waals surface area contributed by atoms with Crippen LogP contribution in [0.15, 0.2) is 12.3 Å². The maximum atomic E-state index is 13.2. The van der Waals surface area contributed by atoms with Gasteiger partial charge in [0.15, 0.2) is 0 Å². The van der Waals surface area contributed by atoms with Gasteiger partial charge in [0.05, 0.1) is 0 Å². The van der Waals surface area contributed by atoms with Gasteiger partial charge in [0.1, 0.15) is 0 Å². The van der Waals surface area contributed by atoms with Gasteiger partial charge in [-0.15, -0.1) is 0 Å². The van der Waals surface area contributed by atoms with Crippen molar-refractivity contribution in [1.82, 2.24) is 0 Å². The predicted molar refractivity (Wildman–Crippen MR) is 34.5 cm³/mol. The van der Waals surface area contributed by atoms with E-state index in [4.69, 9.17) is 0 Å². The van der Waals surface area contributed by atoms with Crippen molar-refractivity contribution >= 4 is 6.93 Å². The van der Waals surface area contributed by atoms with Crippen molar-refractivity contribution in [2.75, 3.05) is 0 Å². The van der Waals surface area contributed by atoms with Gasteiger partial charge in [0.25, 0.3) is 0 Å². The summed E-state index contributed by atoms with van der Waals surface area (Å²) in [5.74, 6) is -6.43. The third-order valence-corrected chi connectivity index (χ3v) is 2.56. The molecule has 0 bridgehead atoms. The van der Waals surface area contributed by atoms with Crippen molar-refractivity contribution < 1.29 is 53.7 Å². The summed E-state index contributed by atoms with van der Waals surface area (Å²) in [5, 5.41) is 3.06. The Bertz CT molecular complexity index is 347. The zero-order valence-electron chi connectivity index (χ0n) is 7.99. The van der Waals surface area contributed by atoms with Crippen LogP contribution in [0, 0.1) is 0 Å². The second-order valence-electron chi connectivity index (χ2n) is 2.45. The second kappa shape index (κ2) is 5.12. The fourth-order valence-corrected chi connectivity index (χ4v) is 1.50. The zero-order chi connectivity index (χ0) is 15.5. The molecule has 117 valence electrons. The van der Waals surface area contributed by atoms with E-state index in [1.165, 1.54) is 0 Å². The fraction of sp³-hybridized carbons (Fsp3) is 0.500. The Labute approximate surface area is 92.4 Å². The Hall–Kier alpha value is -2.33. The summed E-state index contributed by atoms with van der Waals surface area (Å²) in [5.41, 5.74) is 0. The van der Waals surface area contributed by atoms with Crippen LogP contribution in [0.4, 0.5) is 43.9 Å². The average Bonchev–Trinajstić information content (AvgIpc) is 2.21. The van der Waals surface area contributed by atoms with Crippen LogP contribution in [-0.2, 0) is 9.84 Å². The van der Waals surface area contributed by atoms with Crippen LogP contribution >= 0.6 is 0 Å². The number of alkyl halides is 6. The molecule has 19 heavy (non-hydrogen) atoms. The van der Waals surface area contributed by atoms with Crippen LogP contribution in [0.2, 0.25) is 0 Å². The molecule has 0 aromatic heterocycles. The monoisotopic (exact) mass is 544 g/mol. The van der Waals surface area contributed by atoms with Crippen molar-refractivity contribution in [2.45, 2.75) is 18.1 Å². The predicted octanol–water partition coefficient (Wildman–Crippen LogP) is 3.60. The van der Waals surface area contributed by atoms with Gasteiger partial charge in [-0.05, 0) is 0 Å². The van der Waals surface area contributed by atoms with Gasteiger partial charge in [-0.1, -0.05) is 0 Å². The van der Waals surface area contributed by atoms with E-state index in [2.05, 4.69) is 9.84 Å². The van der Waals surface area contributed by atoms with Crippen molar-refractivity contribution in [1.29, 1.82) is 0 Å². The molecule has 0 amide bonds. The first-order chi connectivity index (χ1) is 8.33. The SMILES string of the molecule is FC(F)=COC(F)([O][Cf]=[C](F)F)C(F)(F)C(F)(F)F. The maximum absolute atomic E-state index is 13.2. The Balaban J connectivity index is 5.50. The molecule has 0 aliphatic rings. The van der Waals surface area contributed by atoms with E-state index in [-0.39, 0.29) is 0 Å². The first-order valence-corrected chi connectivity index (χ1v) is 6.00. The Morgan fingerprint density at radius 1 is 0.895 bits per heavy atom. The molecule has 0 aromatic carbocycles. The minimum absolute atomic E-state index is 1.11. The molecule has 0 rings (SSSR count). The molecule has 0 saturated heterocycles. The second-order valence-corrected chi connectivity index (χ2v) is 4.52. The van der Waals surface area contributed by atoms with Crippen LogP contribution in [0.25, 0.3) is 0 Å². The van der Waals surface area contributed by atoms with E-state index in [1.807, 2.05) is 0 Å². The third-order valence-electron chi connectivity index (χ3n) is 1.19. The molecule has 0 aromatic rings. The van der Waals surface area contributed by atoms with E-state index in [1.54, 1.807) is 0 Å². The zero-order valence-corrected chi connectivity index (χ0v) is 10.6.